The highest BCUT2D eigenvalue weighted by Gasteiger charge is 2.28. The number of H-pyrrole nitrogens is 1. The molecule has 1 aliphatic rings. The van der Waals surface area contributed by atoms with Crippen molar-refractivity contribution in [1.29, 1.82) is 0 Å². The second kappa shape index (κ2) is 5.21. The summed E-state index contributed by atoms with van der Waals surface area (Å²) in [4.78, 5) is 19.3. The van der Waals surface area contributed by atoms with Gasteiger partial charge >= 0.3 is 0 Å². The summed E-state index contributed by atoms with van der Waals surface area (Å²) >= 11 is 0. The van der Waals surface area contributed by atoms with E-state index in [4.69, 9.17) is 4.74 Å². The Morgan fingerprint density at radius 1 is 1.40 bits per heavy atom. The number of hydrogen-bond acceptors (Lipinski definition) is 3. The van der Waals surface area contributed by atoms with E-state index in [9.17, 15) is 4.79 Å². The molecule has 0 radical (unpaired) electrons. The molecule has 4 heteroatoms. The molecule has 1 N–H and O–H groups in total. The average molecular weight is 270 g/mol. The van der Waals surface area contributed by atoms with Crippen LogP contribution in [0.5, 0.6) is 0 Å². The van der Waals surface area contributed by atoms with Gasteiger partial charge in [-0.25, -0.2) is 4.98 Å². The molecule has 1 fully saturated rings. The molecule has 1 aliphatic heterocycles. The summed E-state index contributed by atoms with van der Waals surface area (Å²) < 4.78 is 5.36. The summed E-state index contributed by atoms with van der Waals surface area (Å²) in [5, 5.41) is 0. The van der Waals surface area contributed by atoms with Crippen LogP contribution in [-0.4, -0.2) is 16.6 Å². The molecule has 0 bridgehead atoms. The molecule has 1 aromatic heterocycles. The van der Waals surface area contributed by atoms with Crippen molar-refractivity contribution in [2.75, 3.05) is 6.61 Å². The van der Waals surface area contributed by atoms with Gasteiger partial charge < -0.3 is 9.72 Å². The van der Waals surface area contributed by atoms with Crippen LogP contribution in [0.2, 0.25) is 0 Å². The first-order valence-corrected chi connectivity index (χ1v) is 6.94. The number of epoxide rings is 1. The molecule has 1 aromatic carbocycles. The first-order chi connectivity index (χ1) is 9.63. The highest BCUT2D eigenvalue weighted by atomic mass is 16.6. The van der Waals surface area contributed by atoms with Gasteiger partial charge in [-0.2, -0.15) is 0 Å². The maximum Gasteiger partial charge on any atom is 0.251 e. The zero-order chi connectivity index (χ0) is 14.1. The van der Waals surface area contributed by atoms with Crippen molar-refractivity contribution in [3.8, 4) is 11.4 Å². The fraction of sp³-hybridized carbons (Fsp3) is 0.375. The van der Waals surface area contributed by atoms with Crippen molar-refractivity contribution in [3.63, 3.8) is 0 Å². The van der Waals surface area contributed by atoms with E-state index in [0.717, 1.165) is 29.8 Å². The van der Waals surface area contributed by atoms with Crippen molar-refractivity contribution in [2.24, 2.45) is 5.92 Å². The first-order valence-electron chi connectivity index (χ1n) is 6.94. The zero-order valence-electron chi connectivity index (χ0n) is 11.7. The van der Waals surface area contributed by atoms with Gasteiger partial charge in [-0.15, -0.1) is 0 Å². The largest absolute Gasteiger partial charge is 0.368 e. The van der Waals surface area contributed by atoms with Gasteiger partial charge in [-0.1, -0.05) is 38.1 Å². The summed E-state index contributed by atoms with van der Waals surface area (Å²) in [5.41, 5.74) is 2.79. The Balaban J connectivity index is 2.05. The van der Waals surface area contributed by atoms with Gasteiger partial charge in [0.15, 0.2) is 0 Å². The monoisotopic (exact) mass is 270 g/mol. The van der Waals surface area contributed by atoms with Gasteiger partial charge in [-0.05, 0) is 17.9 Å². The highest BCUT2D eigenvalue weighted by molar-refractivity contribution is 5.61. The van der Waals surface area contributed by atoms with Crippen molar-refractivity contribution in [3.05, 3.63) is 51.9 Å². The second-order valence-corrected chi connectivity index (χ2v) is 5.59. The molecule has 1 saturated heterocycles. The molecule has 1 atom stereocenters. The number of aromatic nitrogens is 2. The predicted molar refractivity (Wildman–Crippen MR) is 77.5 cm³/mol. The van der Waals surface area contributed by atoms with Gasteiger partial charge in [0.2, 0.25) is 0 Å². The van der Waals surface area contributed by atoms with Crippen LogP contribution >= 0.6 is 0 Å². The lowest BCUT2D eigenvalue weighted by Gasteiger charge is -2.09. The molecule has 3 rings (SSSR count). The van der Waals surface area contributed by atoms with E-state index in [1.165, 1.54) is 0 Å². The first kappa shape index (κ1) is 13.1. The molecular formula is C16H18N2O2. The van der Waals surface area contributed by atoms with Gasteiger partial charge in [0, 0.05) is 17.3 Å². The summed E-state index contributed by atoms with van der Waals surface area (Å²) in [7, 11) is 0. The van der Waals surface area contributed by atoms with Crippen LogP contribution in [0.1, 0.15) is 31.2 Å². The van der Waals surface area contributed by atoms with E-state index in [1.807, 2.05) is 24.3 Å². The standard InChI is InChI=1S/C16H18N2O2/c1-10(2)7-11-8-15(19)18-16(17-11)13-6-4-3-5-12(13)14-9-20-14/h3-6,8,10,14H,7,9H2,1-2H3,(H,17,18,19). The lowest BCUT2D eigenvalue weighted by Crippen LogP contribution is -2.12. The molecule has 20 heavy (non-hydrogen) atoms. The Morgan fingerprint density at radius 3 is 2.85 bits per heavy atom. The second-order valence-electron chi connectivity index (χ2n) is 5.59. The van der Waals surface area contributed by atoms with Crippen molar-refractivity contribution in [1.82, 2.24) is 9.97 Å². The molecular weight excluding hydrogens is 252 g/mol. The fourth-order valence-electron chi connectivity index (χ4n) is 2.38. The highest BCUT2D eigenvalue weighted by Crippen LogP contribution is 2.35. The van der Waals surface area contributed by atoms with Crippen LogP contribution in [-0.2, 0) is 11.2 Å². The van der Waals surface area contributed by atoms with Crippen LogP contribution < -0.4 is 5.56 Å². The molecule has 1 unspecified atom stereocenters. The van der Waals surface area contributed by atoms with Crippen molar-refractivity contribution in [2.45, 2.75) is 26.4 Å². The number of ether oxygens (including phenoxy) is 1. The predicted octanol–water partition coefficient (Wildman–Crippen LogP) is 2.71. The topological polar surface area (TPSA) is 58.3 Å². The number of hydrogen-bond donors (Lipinski definition) is 1. The summed E-state index contributed by atoms with van der Waals surface area (Å²) in [5.74, 6) is 1.11. The quantitative estimate of drug-likeness (QED) is 0.869. The number of aromatic amines is 1. The lowest BCUT2D eigenvalue weighted by atomic mass is 10.0. The maximum atomic E-state index is 11.8. The van der Waals surface area contributed by atoms with Crippen LogP contribution in [0.15, 0.2) is 35.1 Å². The van der Waals surface area contributed by atoms with E-state index in [-0.39, 0.29) is 11.7 Å². The molecule has 0 saturated carbocycles. The van der Waals surface area contributed by atoms with Gasteiger partial charge in [0.1, 0.15) is 11.9 Å². The van der Waals surface area contributed by atoms with E-state index < -0.39 is 0 Å². The lowest BCUT2D eigenvalue weighted by molar-refractivity contribution is 0.416. The number of benzene rings is 1. The van der Waals surface area contributed by atoms with E-state index in [1.54, 1.807) is 6.07 Å². The smallest absolute Gasteiger partial charge is 0.251 e. The Bertz CT molecular complexity index is 672. The van der Waals surface area contributed by atoms with Gasteiger partial charge in [0.25, 0.3) is 5.56 Å². The zero-order valence-corrected chi connectivity index (χ0v) is 11.7. The molecule has 104 valence electrons. The number of nitrogens with zero attached hydrogens (tertiary/aromatic N) is 1. The van der Waals surface area contributed by atoms with Crippen LogP contribution in [0.4, 0.5) is 0 Å². The van der Waals surface area contributed by atoms with Crippen molar-refractivity contribution < 1.29 is 4.74 Å². The fourth-order valence-corrected chi connectivity index (χ4v) is 2.38. The van der Waals surface area contributed by atoms with E-state index in [0.29, 0.717) is 11.7 Å². The SMILES string of the molecule is CC(C)Cc1cc(=O)[nH]c(-c2ccccc2C2CO2)n1. The summed E-state index contributed by atoms with van der Waals surface area (Å²) in [6.07, 6.45) is 0.948. The molecule has 2 heterocycles. The minimum Gasteiger partial charge on any atom is -0.368 e. The third kappa shape index (κ3) is 2.80. The number of nitrogens with one attached hydrogen (secondary N) is 1. The normalized spacial score (nSPS) is 17.4. The minimum atomic E-state index is -0.0998. The van der Waals surface area contributed by atoms with E-state index >= 15 is 0 Å². The molecule has 0 amide bonds. The van der Waals surface area contributed by atoms with Crippen LogP contribution in [0.3, 0.4) is 0 Å². The van der Waals surface area contributed by atoms with Gasteiger partial charge in [0.05, 0.1) is 6.61 Å². The Morgan fingerprint density at radius 2 is 2.15 bits per heavy atom. The van der Waals surface area contributed by atoms with Gasteiger partial charge in [-0.3, -0.25) is 4.79 Å². The third-order valence-electron chi connectivity index (χ3n) is 3.31. The molecule has 0 aliphatic carbocycles. The van der Waals surface area contributed by atoms with Crippen LogP contribution in [0.25, 0.3) is 11.4 Å². The molecule has 4 nitrogen and oxygen atoms in total. The minimum absolute atomic E-state index is 0.0998. The van der Waals surface area contributed by atoms with Crippen LogP contribution in [0, 0.1) is 5.92 Å². The Kier molecular flexibility index (Phi) is 3.40. The Labute approximate surface area is 117 Å². The molecule has 0 spiro atoms. The Hall–Kier alpha value is -1.94. The third-order valence-corrected chi connectivity index (χ3v) is 3.31. The number of rotatable bonds is 4. The summed E-state index contributed by atoms with van der Waals surface area (Å²) in [6, 6.07) is 9.53. The summed E-state index contributed by atoms with van der Waals surface area (Å²) in [6.45, 7) is 4.98. The van der Waals surface area contributed by atoms with E-state index in [2.05, 4.69) is 23.8 Å². The average Bonchev–Trinajstić information content (AvgIpc) is 3.21. The van der Waals surface area contributed by atoms with Crippen molar-refractivity contribution >= 4 is 0 Å². The maximum absolute atomic E-state index is 11.8. The molecule has 2 aromatic rings.